The summed E-state index contributed by atoms with van der Waals surface area (Å²) in [7, 11) is 0. The number of ether oxygens (including phenoxy) is 1. The number of aromatic hydroxyl groups is 2. The molecule has 88 valence electrons. The van der Waals surface area contributed by atoms with Gasteiger partial charge in [0, 0.05) is 5.56 Å². The quantitative estimate of drug-likeness (QED) is 0.756. The third-order valence-electron chi connectivity index (χ3n) is 2.26. The molecular formula is C12H16O4. The molecule has 4 heteroatoms. The van der Waals surface area contributed by atoms with Crippen LogP contribution in [0.15, 0.2) is 6.07 Å². The van der Waals surface area contributed by atoms with Crippen LogP contribution in [0, 0.1) is 13.8 Å². The van der Waals surface area contributed by atoms with Crippen LogP contribution >= 0.6 is 0 Å². The van der Waals surface area contributed by atoms with Crippen LogP contribution in [0.2, 0.25) is 0 Å². The van der Waals surface area contributed by atoms with Crippen molar-refractivity contribution in [2.24, 2.45) is 0 Å². The highest BCUT2D eigenvalue weighted by molar-refractivity contribution is 5.93. The van der Waals surface area contributed by atoms with E-state index in [1.807, 2.05) is 0 Å². The molecule has 0 amide bonds. The fourth-order valence-corrected chi connectivity index (χ4v) is 1.40. The zero-order chi connectivity index (χ0) is 12.5. The summed E-state index contributed by atoms with van der Waals surface area (Å²) < 4.78 is 4.99. The minimum absolute atomic E-state index is 0.00130. The number of phenolic OH excluding ortho intramolecular Hbond substituents is 2. The maximum absolute atomic E-state index is 11.6. The molecule has 0 aliphatic carbocycles. The zero-order valence-electron chi connectivity index (χ0n) is 9.87. The van der Waals surface area contributed by atoms with Gasteiger partial charge in [-0.2, -0.15) is 0 Å². The maximum atomic E-state index is 11.6. The van der Waals surface area contributed by atoms with Crippen LogP contribution < -0.4 is 0 Å². The molecule has 16 heavy (non-hydrogen) atoms. The van der Waals surface area contributed by atoms with E-state index in [0.717, 1.165) is 0 Å². The number of carbonyl (C=O) groups excluding carboxylic acids is 1. The summed E-state index contributed by atoms with van der Waals surface area (Å²) in [6, 6.07) is 1.42. The summed E-state index contributed by atoms with van der Waals surface area (Å²) >= 11 is 0. The van der Waals surface area contributed by atoms with Crippen molar-refractivity contribution in [1.82, 2.24) is 0 Å². The molecule has 0 saturated carbocycles. The van der Waals surface area contributed by atoms with E-state index in [1.54, 1.807) is 27.7 Å². The Hall–Kier alpha value is -1.71. The van der Waals surface area contributed by atoms with Crippen molar-refractivity contribution in [2.45, 2.75) is 33.8 Å². The van der Waals surface area contributed by atoms with Crippen molar-refractivity contribution >= 4 is 5.97 Å². The lowest BCUT2D eigenvalue weighted by atomic mass is 10.0. The lowest BCUT2D eigenvalue weighted by molar-refractivity contribution is 0.0374. The Kier molecular flexibility index (Phi) is 3.42. The topological polar surface area (TPSA) is 66.8 Å². The Balaban J connectivity index is 3.20. The number of carbonyl (C=O) groups is 1. The van der Waals surface area contributed by atoms with Crippen LogP contribution in [-0.4, -0.2) is 22.3 Å². The number of esters is 1. The lowest BCUT2D eigenvalue weighted by Crippen LogP contribution is -2.12. The highest BCUT2D eigenvalue weighted by Gasteiger charge is 2.19. The number of benzene rings is 1. The average molecular weight is 224 g/mol. The minimum atomic E-state index is -0.585. The number of rotatable bonds is 2. The largest absolute Gasteiger partial charge is 0.507 e. The molecule has 0 heterocycles. The molecular weight excluding hydrogens is 208 g/mol. The van der Waals surface area contributed by atoms with Crippen LogP contribution in [0.25, 0.3) is 0 Å². The molecule has 0 aliphatic heterocycles. The second-order valence-corrected chi connectivity index (χ2v) is 4.02. The Labute approximate surface area is 94.5 Å². The van der Waals surface area contributed by atoms with Gasteiger partial charge < -0.3 is 14.9 Å². The smallest absolute Gasteiger partial charge is 0.342 e. The van der Waals surface area contributed by atoms with Crippen LogP contribution in [0.4, 0.5) is 0 Å². The van der Waals surface area contributed by atoms with Gasteiger partial charge in [-0.1, -0.05) is 0 Å². The zero-order valence-corrected chi connectivity index (χ0v) is 9.87. The first-order valence-electron chi connectivity index (χ1n) is 5.07. The SMILES string of the molecule is Cc1cc(C(=O)OC(C)C)c(O)c(C)c1O. The van der Waals surface area contributed by atoms with Gasteiger partial charge in [-0.15, -0.1) is 0 Å². The Morgan fingerprint density at radius 1 is 1.25 bits per heavy atom. The summed E-state index contributed by atoms with van der Waals surface area (Å²) in [5, 5.41) is 19.3. The van der Waals surface area contributed by atoms with E-state index in [4.69, 9.17) is 4.74 Å². The molecule has 0 saturated heterocycles. The number of hydrogen-bond donors (Lipinski definition) is 2. The Bertz CT molecular complexity index is 422. The molecule has 0 unspecified atom stereocenters. The number of phenols is 2. The molecule has 0 spiro atoms. The minimum Gasteiger partial charge on any atom is -0.507 e. The first-order chi connectivity index (χ1) is 7.34. The van der Waals surface area contributed by atoms with E-state index in [-0.39, 0.29) is 28.7 Å². The molecule has 4 nitrogen and oxygen atoms in total. The first-order valence-corrected chi connectivity index (χ1v) is 5.07. The molecule has 1 rings (SSSR count). The first kappa shape index (κ1) is 12.4. The Morgan fingerprint density at radius 2 is 1.81 bits per heavy atom. The van der Waals surface area contributed by atoms with E-state index in [2.05, 4.69) is 0 Å². The molecule has 0 aromatic heterocycles. The molecule has 1 aromatic rings. The van der Waals surface area contributed by atoms with Crippen molar-refractivity contribution in [2.75, 3.05) is 0 Å². The molecule has 0 atom stereocenters. The van der Waals surface area contributed by atoms with E-state index >= 15 is 0 Å². The highest BCUT2D eigenvalue weighted by Crippen LogP contribution is 2.33. The molecule has 0 aliphatic rings. The van der Waals surface area contributed by atoms with Gasteiger partial charge in [-0.25, -0.2) is 4.79 Å². The van der Waals surface area contributed by atoms with Gasteiger partial charge in [-0.05, 0) is 39.3 Å². The molecule has 2 N–H and O–H groups in total. The summed E-state index contributed by atoms with van der Waals surface area (Å²) in [6.45, 7) is 6.67. The predicted octanol–water partition coefficient (Wildman–Crippen LogP) is 2.28. The maximum Gasteiger partial charge on any atom is 0.342 e. The van der Waals surface area contributed by atoms with Gasteiger partial charge in [-0.3, -0.25) is 0 Å². The van der Waals surface area contributed by atoms with Gasteiger partial charge in [0.05, 0.1) is 6.10 Å². The standard InChI is InChI=1S/C12H16O4/c1-6(2)16-12(15)9-5-7(3)10(13)8(4)11(9)14/h5-6,13-14H,1-4H3. The lowest BCUT2D eigenvalue weighted by Gasteiger charge is -2.12. The van der Waals surface area contributed by atoms with Crippen molar-refractivity contribution in [1.29, 1.82) is 0 Å². The normalized spacial score (nSPS) is 10.6. The van der Waals surface area contributed by atoms with Crippen molar-refractivity contribution < 1.29 is 19.7 Å². The van der Waals surface area contributed by atoms with Crippen LogP contribution in [-0.2, 0) is 4.74 Å². The van der Waals surface area contributed by atoms with E-state index < -0.39 is 5.97 Å². The third-order valence-corrected chi connectivity index (χ3v) is 2.26. The predicted molar refractivity (Wildman–Crippen MR) is 59.8 cm³/mol. The van der Waals surface area contributed by atoms with Crippen LogP contribution in [0.1, 0.15) is 35.3 Å². The van der Waals surface area contributed by atoms with E-state index in [1.165, 1.54) is 6.07 Å². The van der Waals surface area contributed by atoms with Crippen molar-refractivity contribution in [3.05, 3.63) is 22.8 Å². The monoisotopic (exact) mass is 224 g/mol. The average Bonchev–Trinajstić information content (AvgIpc) is 2.19. The second-order valence-electron chi connectivity index (χ2n) is 4.02. The van der Waals surface area contributed by atoms with Crippen LogP contribution in [0.5, 0.6) is 11.5 Å². The molecule has 1 aromatic carbocycles. The van der Waals surface area contributed by atoms with Crippen molar-refractivity contribution in [3.8, 4) is 11.5 Å². The van der Waals surface area contributed by atoms with Gasteiger partial charge in [0.1, 0.15) is 17.1 Å². The van der Waals surface area contributed by atoms with E-state index in [9.17, 15) is 15.0 Å². The Morgan fingerprint density at radius 3 is 2.31 bits per heavy atom. The van der Waals surface area contributed by atoms with E-state index in [0.29, 0.717) is 5.56 Å². The summed E-state index contributed by atoms with van der Waals surface area (Å²) in [5.74, 6) is -0.814. The number of aryl methyl sites for hydroxylation is 1. The van der Waals surface area contributed by atoms with Gasteiger partial charge in [0.15, 0.2) is 0 Å². The van der Waals surface area contributed by atoms with Gasteiger partial charge in [0.2, 0.25) is 0 Å². The molecule has 0 fully saturated rings. The summed E-state index contributed by atoms with van der Waals surface area (Å²) in [6.07, 6.45) is -0.249. The fraction of sp³-hybridized carbons (Fsp3) is 0.417. The van der Waals surface area contributed by atoms with Crippen molar-refractivity contribution in [3.63, 3.8) is 0 Å². The second kappa shape index (κ2) is 4.43. The fourth-order valence-electron chi connectivity index (χ4n) is 1.40. The highest BCUT2D eigenvalue weighted by atomic mass is 16.5. The number of hydrogen-bond acceptors (Lipinski definition) is 4. The molecule has 0 radical (unpaired) electrons. The third kappa shape index (κ3) is 2.27. The van der Waals surface area contributed by atoms with Gasteiger partial charge in [0.25, 0.3) is 0 Å². The van der Waals surface area contributed by atoms with Gasteiger partial charge >= 0.3 is 5.97 Å². The summed E-state index contributed by atoms with van der Waals surface area (Å²) in [5.41, 5.74) is 0.906. The summed E-state index contributed by atoms with van der Waals surface area (Å²) in [4.78, 5) is 11.6. The molecule has 0 bridgehead atoms. The van der Waals surface area contributed by atoms with Crippen LogP contribution in [0.3, 0.4) is 0 Å².